The van der Waals surface area contributed by atoms with Crippen LogP contribution >= 0.6 is 0 Å². The zero-order chi connectivity index (χ0) is 12.7. The summed E-state index contributed by atoms with van der Waals surface area (Å²) in [5.74, 6) is 0.768. The summed E-state index contributed by atoms with van der Waals surface area (Å²) in [5, 5.41) is 7.43. The second-order valence-electron chi connectivity index (χ2n) is 3.96. The van der Waals surface area contributed by atoms with Crippen molar-refractivity contribution < 1.29 is 0 Å². The van der Waals surface area contributed by atoms with Crippen LogP contribution in [0.5, 0.6) is 0 Å². The lowest BCUT2D eigenvalue weighted by Gasteiger charge is -2.05. The van der Waals surface area contributed by atoms with Crippen molar-refractivity contribution in [2.45, 2.75) is 6.92 Å². The molecule has 3 aromatic rings. The Kier molecular flexibility index (Phi) is 2.15. The minimum atomic E-state index is 0.179. The number of nitrogens with two attached hydrogens (primary N) is 1. The Morgan fingerprint density at radius 3 is 2.94 bits per heavy atom. The van der Waals surface area contributed by atoms with Crippen LogP contribution in [-0.4, -0.2) is 29.7 Å². The number of imidazole rings is 1. The van der Waals surface area contributed by atoms with E-state index in [9.17, 15) is 0 Å². The highest BCUT2D eigenvalue weighted by atomic mass is 15.3. The summed E-state index contributed by atoms with van der Waals surface area (Å²) in [6.07, 6.45) is 3.43. The first-order chi connectivity index (χ1) is 8.63. The lowest BCUT2D eigenvalue weighted by Crippen LogP contribution is -2.01. The number of aromatic nitrogens is 6. The molecule has 3 aromatic heterocycles. The molecule has 0 aromatic carbocycles. The van der Waals surface area contributed by atoms with E-state index in [1.807, 2.05) is 20.2 Å². The van der Waals surface area contributed by atoms with Gasteiger partial charge in [-0.1, -0.05) is 0 Å². The number of hydrogen-bond donors (Lipinski definition) is 3. The molecule has 8 nitrogen and oxygen atoms in total. The van der Waals surface area contributed by atoms with Gasteiger partial charge >= 0.3 is 0 Å². The van der Waals surface area contributed by atoms with Gasteiger partial charge in [-0.2, -0.15) is 15.1 Å². The average molecular weight is 244 g/mol. The van der Waals surface area contributed by atoms with Crippen LogP contribution in [0.4, 0.5) is 17.5 Å². The van der Waals surface area contributed by atoms with E-state index in [1.165, 1.54) is 0 Å². The van der Waals surface area contributed by atoms with Crippen LogP contribution in [-0.2, 0) is 7.05 Å². The summed E-state index contributed by atoms with van der Waals surface area (Å²) in [4.78, 5) is 15.2. The number of nitrogen functional groups attached to an aromatic ring is 1. The van der Waals surface area contributed by atoms with Crippen molar-refractivity contribution in [3.05, 3.63) is 18.2 Å². The molecule has 0 aliphatic rings. The third-order valence-electron chi connectivity index (χ3n) is 2.57. The molecule has 3 rings (SSSR count). The normalized spacial score (nSPS) is 11.0. The second-order valence-corrected chi connectivity index (χ2v) is 3.96. The number of hydrogen-bond acceptors (Lipinski definition) is 6. The minimum Gasteiger partial charge on any atom is -0.368 e. The summed E-state index contributed by atoms with van der Waals surface area (Å²) in [7, 11) is 1.86. The largest absolute Gasteiger partial charge is 0.368 e. The van der Waals surface area contributed by atoms with Crippen LogP contribution in [0.25, 0.3) is 11.2 Å². The molecule has 0 aliphatic heterocycles. The predicted molar refractivity (Wildman–Crippen MR) is 67.3 cm³/mol. The fraction of sp³-hybridized carbons (Fsp3) is 0.200. The van der Waals surface area contributed by atoms with Gasteiger partial charge in [0.15, 0.2) is 11.5 Å². The fourth-order valence-electron chi connectivity index (χ4n) is 1.79. The lowest BCUT2D eigenvalue weighted by atomic mass is 10.4. The van der Waals surface area contributed by atoms with E-state index in [-0.39, 0.29) is 5.95 Å². The van der Waals surface area contributed by atoms with Gasteiger partial charge in [0.25, 0.3) is 0 Å². The van der Waals surface area contributed by atoms with E-state index in [4.69, 9.17) is 5.73 Å². The van der Waals surface area contributed by atoms with Gasteiger partial charge in [-0.25, -0.2) is 4.98 Å². The van der Waals surface area contributed by atoms with Crippen LogP contribution in [0.15, 0.2) is 12.5 Å². The number of fused-ring (bicyclic) bond motifs is 1. The molecule has 0 amide bonds. The first kappa shape index (κ1) is 10.5. The van der Waals surface area contributed by atoms with E-state index >= 15 is 0 Å². The smallest absolute Gasteiger partial charge is 0.224 e. The Balaban J connectivity index is 2.09. The van der Waals surface area contributed by atoms with Gasteiger partial charge in [-0.05, 0) is 6.92 Å². The fourth-order valence-corrected chi connectivity index (χ4v) is 1.79. The van der Waals surface area contributed by atoms with Gasteiger partial charge in [-0.3, -0.25) is 4.68 Å². The molecule has 18 heavy (non-hydrogen) atoms. The molecule has 0 aliphatic carbocycles. The number of nitrogens with one attached hydrogen (secondary N) is 2. The topological polar surface area (TPSA) is 110 Å². The van der Waals surface area contributed by atoms with Crippen molar-refractivity contribution in [2.75, 3.05) is 11.1 Å². The van der Waals surface area contributed by atoms with E-state index in [0.717, 1.165) is 11.4 Å². The Hall–Kier alpha value is -2.64. The van der Waals surface area contributed by atoms with Gasteiger partial charge in [-0.15, -0.1) is 0 Å². The Morgan fingerprint density at radius 1 is 1.39 bits per heavy atom. The number of anilines is 3. The standard InChI is InChI=1S/C10H12N8/c1-5-6(3-18(2)17-5)14-9-7-8(13-4-12-7)15-10(11)16-9/h3-4H,1-2H3,(H4,11,12,13,14,15,16). The van der Waals surface area contributed by atoms with Gasteiger partial charge in [0.2, 0.25) is 5.95 Å². The summed E-state index contributed by atoms with van der Waals surface area (Å²) in [6, 6.07) is 0. The van der Waals surface area contributed by atoms with Crippen molar-refractivity contribution in [1.82, 2.24) is 29.7 Å². The molecule has 0 unspecified atom stereocenters. The maximum absolute atomic E-state index is 5.64. The van der Waals surface area contributed by atoms with Gasteiger partial charge in [0.1, 0.15) is 5.52 Å². The van der Waals surface area contributed by atoms with Gasteiger partial charge in [0, 0.05) is 13.2 Å². The van der Waals surface area contributed by atoms with Crippen LogP contribution < -0.4 is 11.1 Å². The molecule has 4 N–H and O–H groups in total. The molecule has 0 fully saturated rings. The summed E-state index contributed by atoms with van der Waals surface area (Å²) >= 11 is 0. The first-order valence-corrected chi connectivity index (χ1v) is 5.37. The Morgan fingerprint density at radius 2 is 2.22 bits per heavy atom. The van der Waals surface area contributed by atoms with E-state index in [1.54, 1.807) is 11.0 Å². The summed E-state index contributed by atoms with van der Waals surface area (Å²) in [6.45, 7) is 1.91. The molecule has 0 saturated carbocycles. The van der Waals surface area contributed by atoms with Gasteiger partial charge < -0.3 is 16.0 Å². The molecule has 0 radical (unpaired) electrons. The number of aromatic amines is 1. The average Bonchev–Trinajstić information content (AvgIpc) is 2.86. The highest BCUT2D eigenvalue weighted by Gasteiger charge is 2.11. The van der Waals surface area contributed by atoms with E-state index < -0.39 is 0 Å². The van der Waals surface area contributed by atoms with Crippen LogP contribution in [0.2, 0.25) is 0 Å². The second kappa shape index (κ2) is 3.69. The zero-order valence-corrected chi connectivity index (χ0v) is 9.97. The third-order valence-corrected chi connectivity index (χ3v) is 2.57. The van der Waals surface area contributed by atoms with Crippen molar-refractivity contribution in [2.24, 2.45) is 7.05 Å². The highest BCUT2D eigenvalue weighted by molar-refractivity contribution is 5.85. The van der Waals surface area contributed by atoms with Crippen molar-refractivity contribution in [1.29, 1.82) is 0 Å². The molecule has 0 atom stereocenters. The molecule has 0 saturated heterocycles. The predicted octanol–water partition coefficient (Wildman–Crippen LogP) is 0.721. The highest BCUT2D eigenvalue weighted by Crippen LogP contribution is 2.23. The third kappa shape index (κ3) is 1.63. The number of H-pyrrole nitrogens is 1. The van der Waals surface area contributed by atoms with Crippen molar-refractivity contribution in [3.8, 4) is 0 Å². The molecular weight excluding hydrogens is 232 g/mol. The van der Waals surface area contributed by atoms with Crippen LogP contribution in [0.3, 0.4) is 0 Å². The SMILES string of the molecule is Cc1nn(C)cc1Nc1nc(N)nc2nc[nH]c12. The van der Waals surface area contributed by atoms with E-state index in [2.05, 4.69) is 30.4 Å². The Labute approximate surface area is 102 Å². The zero-order valence-electron chi connectivity index (χ0n) is 9.97. The molecule has 0 bridgehead atoms. The monoisotopic (exact) mass is 244 g/mol. The number of aryl methyl sites for hydroxylation is 2. The molecule has 0 spiro atoms. The van der Waals surface area contributed by atoms with Crippen molar-refractivity contribution >= 4 is 28.6 Å². The molecule has 92 valence electrons. The quantitative estimate of drug-likeness (QED) is 0.612. The lowest BCUT2D eigenvalue weighted by molar-refractivity contribution is 0.756. The maximum atomic E-state index is 5.64. The number of rotatable bonds is 2. The van der Waals surface area contributed by atoms with E-state index in [0.29, 0.717) is 17.0 Å². The van der Waals surface area contributed by atoms with Crippen LogP contribution in [0.1, 0.15) is 5.69 Å². The van der Waals surface area contributed by atoms with Gasteiger partial charge in [0.05, 0.1) is 17.7 Å². The maximum Gasteiger partial charge on any atom is 0.224 e. The molecule has 8 heteroatoms. The number of nitrogens with zero attached hydrogens (tertiary/aromatic N) is 5. The summed E-state index contributed by atoms with van der Waals surface area (Å²) in [5.41, 5.74) is 8.64. The molecular formula is C10H12N8. The summed E-state index contributed by atoms with van der Waals surface area (Å²) < 4.78 is 1.73. The minimum absolute atomic E-state index is 0.179. The van der Waals surface area contributed by atoms with Crippen LogP contribution in [0, 0.1) is 6.92 Å². The molecule has 3 heterocycles. The first-order valence-electron chi connectivity index (χ1n) is 5.37. The Bertz CT molecular complexity index is 710. The van der Waals surface area contributed by atoms with Crippen molar-refractivity contribution in [3.63, 3.8) is 0 Å².